The molecule has 1 aliphatic rings. The zero-order valence-corrected chi connectivity index (χ0v) is 14.4. The summed E-state index contributed by atoms with van der Waals surface area (Å²) in [4.78, 5) is 0. The van der Waals surface area contributed by atoms with Crippen molar-refractivity contribution < 1.29 is 8.42 Å². The van der Waals surface area contributed by atoms with E-state index in [9.17, 15) is 8.42 Å². The molecule has 0 aromatic rings. The Bertz CT molecular complexity index is 363. The summed E-state index contributed by atoms with van der Waals surface area (Å²) in [6, 6.07) is 0.738. The summed E-state index contributed by atoms with van der Waals surface area (Å²) in [6.07, 6.45) is 9.35. The molecule has 1 N–H and O–H groups in total. The minimum atomic E-state index is -2.81. The molecule has 0 spiro atoms. The van der Waals surface area contributed by atoms with Gasteiger partial charge in [0.15, 0.2) is 0 Å². The zero-order chi connectivity index (χ0) is 15.1. The highest BCUT2D eigenvalue weighted by Gasteiger charge is 2.30. The predicted molar refractivity (Wildman–Crippen MR) is 86.8 cm³/mol. The second kappa shape index (κ2) is 8.38. The van der Waals surface area contributed by atoms with Gasteiger partial charge in [0.25, 0.3) is 0 Å². The molecule has 1 saturated carbocycles. The number of hydrogen-bond donors (Lipinski definition) is 1. The lowest BCUT2D eigenvalue weighted by Gasteiger charge is -2.33. The second-order valence-electron chi connectivity index (χ2n) is 6.45. The lowest BCUT2D eigenvalue weighted by atomic mass is 9.76. The summed E-state index contributed by atoms with van der Waals surface area (Å²) < 4.78 is 23.3. The molecule has 0 heterocycles. The van der Waals surface area contributed by atoms with Crippen molar-refractivity contribution in [1.29, 1.82) is 0 Å². The molecule has 0 aromatic carbocycles. The van der Waals surface area contributed by atoms with Crippen LogP contribution in [0.5, 0.6) is 0 Å². The highest BCUT2D eigenvalue weighted by atomic mass is 32.2. The Morgan fingerprint density at radius 1 is 1.10 bits per heavy atom. The molecule has 0 aromatic heterocycles. The molecule has 1 aliphatic carbocycles. The SMILES string of the molecule is CCCCC(CC)(CCCS(=O)(=O)CC)CNC1CC1. The van der Waals surface area contributed by atoms with Crippen LogP contribution in [0.25, 0.3) is 0 Å². The average molecular weight is 304 g/mol. The fourth-order valence-electron chi connectivity index (χ4n) is 2.79. The average Bonchev–Trinajstić information content (AvgIpc) is 3.25. The van der Waals surface area contributed by atoms with E-state index in [1.54, 1.807) is 6.92 Å². The highest BCUT2D eigenvalue weighted by Crippen LogP contribution is 2.35. The maximum atomic E-state index is 11.6. The van der Waals surface area contributed by atoms with Gasteiger partial charge in [0.2, 0.25) is 0 Å². The number of sulfone groups is 1. The maximum absolute atomic E-state index is 11.6. The third-order valence-electron chi connectivity index (χ3n) is 4.76. The Kier molecular flexibility index (Phi) is 7.52. The molecule has 1 unspecified atom stereocenters. The van der Waals surface area contributed by atoms with E-state index in [1.165, 1.54) is 32.1 Å². The molecular weight excluding hydrogens is 270 g/mol. The Morgan fingerprint density at radius 3 is 2.25 bits per heavy atom. The molecule has 1 fully saturated rings. The van der Waals surface area contributed by atoms with Crippen LogP contribution in [0.3, 0.4) is 0 Å². The second-order valence-corrected chi connectivity index (χ2v) is 8.92. The van der Waals surface area contributed by atoms with Crippen LogP contribution in [0, 0.1) is 5.41 Å². The van der Waals surface area contributed by atoms with E-state index in [4.69, 9.17) is 0 Å². The molecule has 1 atom stereocenters. The van der Waals surface area contributed by atoms with Gasteiger partial charge >= 0.3 is 0 Å². The molecule has 4 heteroatoms. The Labute approximate surface area is 125 Å². The molecule has 0 radical (unpaired) electrons. The fourth-order valence-corrected chi connectivity index (χ4v) is 3.66. The Balaban J connectivity index is 2.49. The van der Waals surface area contributed by atoms with Gasteiger partial charge in [0.1, 0.15) is 9.84 Å². The van der Waals surface area contributed by atoms with Crippen molar-refractivity contribution in [3.05, 3.63) is 0 Å². The van der Waals surface area contributed by atoms with Crippen LogP contribution < -0.4 is 5.32 Å². The third kappa shape index (κ3) is 6.57. The van der Waals surface area contributed by atoms with Gasteiger partial charge in [-0.3, -0.25) is 0 Å². The van der Waals surface area contributed by atoms with Crippen molar-refractivity contribution >= 4 is 9.84 Å². The van der Waals surface area contributed by atoms with Crippen LogP contribution in [0.15, 0.2) is 0 Å². The van der Waals surface area contributed by atoms with E-state index in [1.807, 2.05) is 0 Å². The topological polar surface area (TPSA) is 46.2 Å². The monoisotopic (exact) mass is 303 g/mol. The number of nitrogens with one attached hydrogen (secondary N) is 1. The van der Waals surface area contributed by atoms with Crippen molar-refractivity contribution in [1.82, 2.24) is 5.32 Å². The van der Waals surface area contributed by atoms with Crippen LogP contribution in [0.1, 0.15) is 72.1 Å². The van der Waals surface area contributed by atoms with E-state index in [0.29, 0.717) is 11.2 Å². The van der Waals surface area contributed by atoms with Crippen molar-refractivity contribution in [3.63, 3.8) is 0 Å². The molecular formula is C16H33NO2S. The normalized spacial score (nSPS) is 18.9. The first kappa shape index (κ1) is 18.0. The first-order valence-corrected chi connectivity index (χ1v) is 10.2. The fraction of sp³-hybridized carbons (Fsp3) is 1.00. The summed E-state index contributed by atoms with van der Waals surface area (Å²) in [5.41, 5.74) is 0.307. The van der Waals surface area contributed by atoms with E-state index < -0.39 is 9.84 Å². The minimum absolute atomic E-state index is 0.279. The Hall–Kier alpha value is -0.0900. The van der Waals surface area contributed by atoms with E-state index in [0.717, 1.165) is 31.8 Å². The molecule has 20 heavy (non-hydrogen) atoms. The summed E-state index contributed by atoms with van der Waals surface area (Å²) in [5, 5.41) is 3.67. The van der Waals surface area contributed by atoms with E-state index >= 15 is 0 Å². The van der Waals surface area contributed by atoms with Gasteiger partial charge < -0.3 is 5.32 Å². The van der Waals surface area contributed by atoms with Gasteiger partial charge in [-0.05, 0) is 43.9 Å². The molecule has 0 saturated heterocycles. The van der Waals surface area contributed by atoms with Gasteiger partial charge in [-0.2, -0.15) is 0 Å². The molecule has 120 valence electrons. The summed E-state index contributed by atoms with van der Waals surface area (Å²) >= 11 is 0. The largest absolute Gasteiger partial charge is 0.313 e. The zero-order valence-electron chi connectivity index (χ0n) is 13.6. The van der Waals surface area contributed by atoms with E-state index in [-0.39, 0.29) is 5.75 Å². The molecule has 3 nitrogen and oxygen atoms in total. The summed E-state index contributed by atoms with van der Waals surface area (Å²) in [7, 11) is -2.81. The minimum Gasteiger partial charge on any atom is -0.313 e. The van der Waals surface area contributed by atoms with Gasteiger partial charge in [-0.1, -0.05) is 33.6 Å². The molecule has 1 rings (SSSR count). The highest BCUT2D eigenvalue weighted by molar-refractivity contribution is 7.91. The smallest absolute Gasteiger partial charge is 0.150 e. The van der Waals surface area contributed by atoms with E-state index in [2.05, 4.69) is 19.2 Å². The maximum Gasteiger partial charge on any atom is 0.150 e. The van der Waals surface area contributed by atoms with Crippen LogP contribution in [0.2, 0.25) is 0 Å². The standard InChI is InChI=1S/C16H33NO2S/c1-4-7-11-16(5-2,14-17-15-9-10-15)12-8-13-20(18,19)6-3/h15,17H,4-14H2,1-3H3. The number of unbranched alkanes of at least 4 members (excludes halogenated alkanes) is 1. The van der Waals surface area contributed by atoms with Gasteiger partial charge in [0, 0.05) is 18.3 Å². The first-order chi connectivity index (χ1) is 9.47. The van der Waals surface area contributed by atoms with Crippen molar-refractivity contribution in [2.24, 2.45) is 5.41 Å². The predicted octanol–water partition coefficient (Wildman–Crippen LogP) is 3.54. The van der Waals surface area contributed by atoms with Gasteiger partial charge in [-0.15, -0.1) is 0 Å². The number of hydrogen-bond acceptors (Lipinski definition) is 3. The molecule has 0 aliphatic heterocycles. The van der Waals surface area contributed by atoms with Gasteiger partial charge in [0.05, 0.1) is 5.75 Å². The molecule has 0 bridgehead atoms. The summed E-state index contributed by atoms with van der Waals surface area (Å²) in [6.45, 7) is 7.31. The first-order valence-electron chi connectivity index (χ1n) is 8.40. The lowest BCUT2D eigenvalue weighted by Crippen LogP contribution is -2.35. The van der Waals surface area contributed by atoms with Gasteiger partial charge in [-0.25, -0.2) is 8.42 Å². The Morgan fingerprint density at radius 2 is 1.75 bits per heavy atom. The lowest BCUT2D eigenvalue weighted by molar-refractivity contribution is 0.209. The summed E-state index contributed by atoms with van der Waals surface area (Å²) in [5.74, 6) is 0.641. The van der Waals surface area contributed by atoms with Crippen LogP contribution in [0.4, 0.5) is 0 Å². The number of rotatable bonds is 12. The van der Waals surface area contributed by atoms with Crippen molar-refractivity contribution in [2.45, 2.75) is 78.2 Å². The van der Waals surface area contributed by atoms with Crippen LogP contribution in [-0.2, 0) is 9.84 Å². The van der Waals surface area contributed by atoms with Crippen LogP contribution >= 0.6 is 0 Å². The van der Waals surface area contributed by atoms with Crippen molar-refractivity contribution in [2.75, 3.05) is 18.1 Å². The third-order valence-corrected chi connectivity index (χ3v) is 6.55. The quantitative estimate of drug-likeness (QED) is 0.600. The van der Waals surface area contributed by atoms with Crippen LogP contribution in [-0.4, -0.2) is 32.5 Å². The molecule has 0 amide bonds. The van der Waals surface area contributed by atoms with Crippen molar-refractivity contribution in [3.8, 4) is 0 Å².